The maximum absolute atomic E-state index is 14.4. The maximum Gasteiger partial charge on any atom is 0.279 e. The molecule has 1 aromatic carbocycles. The second-order valence-electron chi connectivity index (χ2n) is 7.22. The zero-order valence-electron chi connectivity index (χ0n) is 16.4. The van der Waals surface area contributed by atoms with Crippen LogP contribution in [0.4, 0.5) is 25.8 Å². The summed E-state index contributed by atoms with van der Waals surface area (Å²) in [7, 11) is 1.47. The molecule has 0 aliphatic carbocycles. The van der Waals surface area contributed by atoms with E-state index >= 15 is 0 Å². The summed E-state index contributed by atoms with van der Waals surface area (Å²) in [6, 6.07) is 8.58. The Morgan fingerprint density at radius 2 is 1.97 bits per heavy atom. The number of fused-ring (bicyclic) bond motifs is 1. The van der Waals surface area contributed by atoms with E-state index in [9.17, 15) is 18.4 Å². The van der Waals surface area contributed by atoms with Crippen molar-refractivity contribution in [3.05, 3.63) is 47.5 Å². The number of hydrogen-bond acceptors (Lipinski definition) is 6. The average molecular weight is 416 g/mol. The summed E-state index contributed by atoms with van der Waals surface area (Å²) in [5.41, 5.74) is 2.53. The van der Waals surface area contributed by atoms with E-state index in [2.05, 4.69) is 25.8 Å². The van der Waals surface area contributed by atoms with E-state index < -0.39 is 24.1 Å². The van der Waals surface area contributed by atoms with Gasteiger partial charge in [-0.2, -0.15) is 4.39 Å². The summed E-state index contributed by atoms with van der Waals surface area (Å²) in [5, 5.41) is 7.50. The number of nitrogens with one attached hydrogen (secondary N) is 3. The predicted octanol–water partition coefficient (Wildman–Crippen LogP) is 1.56. The zero-order chi connectivity index (χ0) is 21.3. The molecule has 2 aromatic rings. The molecule has 2 aliphatic heterocycles. The molecule has 0 spiro atoms. The number of pyridine rings is 1. The molecule has 1 atom stereocenters. The first kappa shape index (κ1) is 20.0. The number of nitrogens with zero attached hydrogens (tertiary/aromatic N) is 3. The first-order chi connectivity index (χ1) is 14.4. The van der Waals surface area contributed by atoms with Gasteiger partial charge < -0.3 is 20.9 Å². The minimum absolute atomic E-state index is 0.0464. The first-order valence-corrected chi connectivity index (χ1v) is 9.65. The normalized spacial score (nSPS) is 19.0. The van der Waals surface area contributed by atoms with Crippen LogP contribution in [-0.4, -0.2) is 61.2 Å². The Labute approximate surface area is 172 Å². The monoisotopic (exact) mass is 416 g/mol. The van der Waals surface area contributed by atoms with Crippen molar-refractivity contribution in [3.63, 3.8) is 0 Å². The average Bonchev–Trinajstić information content (AvgIpc) is 2.75. The van der Waals surface area contributed by atoms with E-state index in [4.69, 9.17) is 0 Å². The number of alkyl halides is 1. The molecule has 1 fully saturated rings. The second kappa shape index (κ2) is 8.23. The van der Waals surface area contributed by atoms with E-state index in [0.717, 1.165) is 5.56 Å². The molecule has 1 unspecified atom stereocenters. The number of anilines is 3. The highest BCUT2D eigenvalue weighted by Gasteiger charge is 2.25. The summed E-state index contributed by atoms with van der Waals surface area (Å²) < 4.78 is 28.0. The van der Waals surface area contributed by atoms with Crippen LogP contribution in [0.25, 0.3) is 0 Å². The van der Waals surface area contributed by atoms with Crippen LogP contribution in [0.15, 0.2) is 30.3 Å². The van der Waals surface area contributed by atoms with Crippen LogP contribution in [0.2, 0.25) is 0 Å². The number of hydrogen-bond donors (Lipinski definition) is 3. The number of halogens is 2. The number of aromatic nitrogens is 1. The third kappa shape index (κ3) is 4.04. The molecule has 3 heterocycles. The molecule has 2 aliphatic rings. The Kier molecular flexibility index (Phi) is 5.49. The third-order valence-electron chi connectivity index (χ3n) is 5.26. The standard InChI is InChI=1S/C20H22F2N6O2/c1-23-19(29)14-4-5-16(17(21)24-14)28-8-6-27(7-9-28)11-12-2-3-13-15(10-12)25-18(22)20(30)26-13/h2-5,10,18,25H,6-9,11H2,1H3,(H,23,29)(H,26,30). The van der Waals surface area contributed by atoms with E-state index in [1.807, 2.05) is 17.0 Å². The van der Waals surface area contributed by atoms with Crippen LogP contribution in [0.5, 0.6) is 0 Å². The van der Waals surface area contributed by atoms with Crippen LogP contribution in [0, 0.1) is 5.95 Å². The highest BCUT2D eigenvalue weighted by molar-refractivity contribution is 6.02. The van der Waals surface area contributed by atoms with Gasteiger partial charge in [-0.15, -0.1) is 0 Å². The van der Waals surface area contributed by atoms with Gasteiger partial charge in [-0.25, -0.2) is 9.37 Å². The number of rotatable bonds is 4. The number of carbonyl (C=O) groups excluding carboxylic acids is 2. The topological polar surface area (TPSA) is 89.6 Å². The van der Waals surface area contributed by atoms with Crippen molar-refractivity contribution in [1.82, 2.24) is 15.2 Å². The summed E-state index contributed by atoms with van der Waals surface area (Å²) in [6.45, 7) is 3.31. The number of benzene rings is 1. The van der Waals surface area contributed by atoms with Crippen LogP contribution in [-0.2, 0) is 11.3 Å². The lowest BCUT2D eigenvalue weighted by Gasteiger charge is -2.36. The van der Waals surface area contributed by atoms with Gasteiger partial charge in [0.2, 0.25) is 12.2 Å². The molecule has 0 radical (unpaired) electrons. The molecule has 2 amide bonds. The van der Waals surface area contributed by atoms with E-state index in [1.165, 1.54) is 13.1 Å². The van der Waals surface area contributed by atoms with Crippen LogP contribution < -0.4 is 20.9 Å². The van der Waals surface area contributed by atoms with Gasteiger partial charge in [-0.3, -0.25) is 14.5 Å². The van der Waals surface area contributed by atoms with E-state index in [-0.39, 0.29) is 5.69 Å². The molecule has 158 valence electrons. The number of piperazine rings is 1. The van der Waals surface area contributed by atoms with Crippen LogP contribution in [0.3, 0.4) is 0 Å². The smallest absolute Gasteiger partial charge is 0.279 e. The molecule has 8 nitrogen and oxygen atoms in total. The Bertz CT molecular complexity index is 978. The van der Waals surface area contributed by atoms with Gasteiger partial charge in [0.1, 0.15) is 5.69 Å². The Balaban J connectivity index is 1.37. The minimum Gasteiger partial charge on any atom is -0.365 e. The molecule has 0 saturated carbocycles. The minimum atomic E-state index is -1.76. The van der Waals surface area contributed by atoms with E-state index in [0.29, 0.717) is 49.8 Å². The maximum atomic E-state index is 14.4. The molecule has 1 aromatic heterocycles. The fourth-order valence-electron chi connectivity index (χ4n) is 3.64. The summed E-state index contributed by atoms with van der Waals surface area (Å²) in [5.74, 6) is -1.78. The van der Waals surface area contributed by atoms with Crippen molar-refractivity contribution < 1.29 is 18.4 Å². The van der Waals surface area contributed by atoms with Crippen molar-refractivity contribution in [2.24, 2.45) is 0 Å². The van der Waals surface area contributed by atoms with Gasteiger partial charge in [-0.1, -0.05) is 6.07 Å². The molecular formula is C20H22F2N6O2. The van der Waals surface area contributed by atoms with E-state index in [1.54, 1.807) is 12.1 Å². The lowest BCUT2D eigenvalue weighted by atomic mass is 10.1. The fraction of sp³-hybridized carbons (Fsp3) is 0.350. The molecule has 4 rings (SSSR count). The van der Waals surface area contributed by atoms with Gasteiger partial charge in [0, 0.05) is 39.8 Å². The zero-order valence-corrected chi connectivity index (χ0v) is 16.4. The van der Waals surface area contributed by atoms with Gasteiger partial charge >= 0.3 is 0 Å². The second-order valence-corrected chi connectivity index (χ2v) is 7.22. The number of carbonyl (C=O) groups is 2. The SMILES string of the molecule is CNC(=O)c1ccc(N2CCN(Cc3ccc4c(c3)NC(F)C(=O)N4)CC2)c(F)n1. The van der Waals surface area contributed by atoms with Crippen molar-refractivity contribution >= 4 is 28.9 Å². The number of amides is 2. The largest absolute Gasteiger partial charge is 0.365 e. The molecule has 0 bridgehead atoms. The quantitative estimate of drug-likeness (QED) is 0.518. The van der Waals surface area contributed by atoms with Crippen molar-refractivity contribution in [2.75, 3.05) is 48.8 Å². The molecule has 1 saturated heterocycles. The molecule has 30 heavy (non-hydrogen) atoms. The van der Waals surface area contributed by atoms with Crippen LogP contribution in [0.1, 0.15) is 16.1 Å². The fourth-order valence-corrected chi connectivity index (χ4v) is 3.64. The summed E-state index contributed by atoms with van der Waals surface area (Å²) in [4.78, 5) is 30.9. The van der Waals surface area contributed by atoms with Crippen molar-refractivity contribution in [2.45, 2.75) is 12.8 Å². The lowest BCUT2D eigenvalue weighted by Crippen LogP contribution is -2.46. The van der Waals surface area contributed by atoms with Gasteiger partial charge in [-0.05, 0) is 29.8 Å². The first-order valence-electron chi connectivity index (χ1n) is 9.65. The Hall–Kier alpha value is -3.27. The molecule has 10 heteroatoms. The predicted molar refractivity (Wildman–Crippen MR) is 109 cm³/mol. The van der Waals surface area contributed by atoms with Crippen LogP contribution >= 0.6 is 0 Å². The lowest BCUT2D eigenvalue weighted by molar-refractivity contribution is -0.120. The Morgan fingerprint density at radius 3 is 2.67 bits per heavy atom. The third-order valence-corrected chi connectivity index (χ3v) is 5.26. The molecule has 3 N–H and O–H groups in total. The van der Waals surface area contributed by atoms with Crippen molar-refractivity contribution in [3.8, 4) is 0 Å². The van der Waals surface area contributed by atoms with Crippen molar-refractivity contribution in [1.29, 1.82) is 0 Å². The van der Waals surface area contributed by atoms with Gasteiger partial charge in [0.25, 0.3) is 11.8 Å². The Morgan fingerprint density at radius 1 is 1.20 bits per heavy atom. The van der Waals surface area contributed by atoms with Gasteiger partial charge in [0.05, 0.1) is 17.1 Å². The summed E-state index contributed by atoms with van der Waals surface area (Å²) >= 11 is 0. The summed E-state index contributed by atoms with van der Waals surface area (Å²) in [6.07, 6.45) is -1.76. The highest BCUT2D eigenvalue weighted by Crippen LogP contribution is 2.29. The van der Waals surface area contributed by atoms with Gasteiger partial charge in [0.15, 0.2) is 0 Å². The molecular weight excluding hydrogens is 394 g/mol. The highest BCUT2D eigenvalue weighted by atomic mass is 19.1.